The van der Waals surface area contributed by atoms with Gasteiger partial charge >= 0.3 is 6.18 Å². The third kappa shape index (κ3) is 3.40. The van der Waals surface area contributed by atoms with Crippen LogP contribution in [-0.4, -0.2) is 5.91 Å². The van der Waals surface area contributed by atoms with Crippen molar-refractivity contribution in [3.63, 3.8) is 0 Å². The first kappa shape index (κ1) is 16.8. The molecule has 128 valence electrons. The summed E-state index contributed by atoms with van der Waals surface area (Å²) < 4.78 is 44.3. The molecular formula is C18H12F3NO3. The topological polar surface area (TPSA) is 59.3 Å². The van der Waals surface area contributed by atoms with Crippen molar-refractivity contribution in [1.29, 1.82) is 0 Å². The third-order valence-corrected chi connectivity index (χ3v) is 3.59. The number of rotatable bonds is 2. The fraction of sp³-hybridized carbons (Fsp3) is 0.111. The highest BCUT2D eigenvalue weighted by atomic mass is 19.4. The number of anilines is 1. The van der Waals surface area contributed by atoms with Crippen LogP contribution in [0.4, 0.5) is 18.9 Å². The second-order valence-corrected chi connectivity index (χ2v) is 5.47. The second kappa shape index (κ2) is 6.08. The Kier molecular flexibility index (Phi) is 4.08. The maximum atomic E-state index is 13.0. The first-order valence-electron chi connectivity index (χ1n) is 7.28. The van der Waals surface area contributed by atoms with E-state index >= 15 is 0 Å². The fourth-order valence-corrected chi connectivity index (χ4v) is 2.41. The van der Waals surface area contributed by atoms with Crippen molar-refractivity contribution in [3.05, 3.63) is 75.6 Å². The number of carbonyl (C=O) groups is 1. The average molecular weight is 347 g/mol. The number of carbonyl (C=O) groups excluding carboxylic acids is 1. The number of alkyl halides is 3. The lowest BCUT2D eigenvalue weighted by Gasteiger charge is -2.13. The number of benzene rings is 2. The number of para-hydroxylation sites is 1. The van der Waals surface area contributed by atoms with E-state index in [2.05, 4.69) is 5.32 Å². The normalized spacial score (nSPS) is 11.5. The van der Waals surface area contributed by atoms with E-state index in [1.54, 1.807) is 19.1 Å². The Balaban J connectivity index is 1.99. The largest absolute Gasteiger partial charge is 0.451 e. The Morgan fingerprint density at radius 2 is 1.80 bits per heavy atom. The van der Waals surface area contributed by atoms with Crippen molar-refractivity contribution in [3.8, 4) is 0 Å². The summed E-state index contributed by atoms with van der Waals surface area (Å²) in [6.45, 7) is 1.80. The van der Waals surface area contributed by atoms with Gasteiger partial charge in [0.15, 0.2) is 11.2 Å². The molecule has 0 atom stereocenters. The van der Waals surface area contributed by atoms with Crippen LogP contribution in [0.5, 0.6) is 0 Å². The summed E-state index contributed by atoms with van der Waals surface area (Å²) in [4.78, 5) is 24.4. The molecule has 1 N–H and O–H groups in total. The van der Waals surface area contributed by atoms with Crippen LogP contribution in [0.1, 0.15) is 21.7 Å². The maximum absolute atomic E-state index is 13.0. The number of hydrogen-bond donors (Lipinski definition) is 1. The van der Waals surface area contributed by atoms with Crippen molar-refractivity contribution in [1.82, 2.24) is 0 Å². The van der Waals surface area contributed by atoms with Crippen LogP contribution >= 0.6 is 0 Å². The molecule has 1 heterocycles. The molecule has 3 aromatic rings. The van der Waals surface area contributed by atoms with Crippen molar-refractivity contribution >= 4 is 22.6 Å². The zero-order chi connectivity index (χ0) is 18.2. The molecule has 0 fully saturated rings. The summed E-state index contributed by atoms with van der Waals surface area (Å²) in [5.74, 6) is -1.30. The molecular weight excluding hydrogens is 335 g/mol. The highest BCUT2D eigenvalue weighted by molar-refractivity contribution is 6.03. The van der Waals surface area contributed by atoms with Crippen LogP contribution in [0, 0.1) is 6.92 Å². The number of amides is 1. The van der Waals surface area contributed by atoms with Gasteiger partial charge in [-0.3, -0.25) is 9.59 Å². The molecule has 0 saturated heterocycles. The number of fused-ring (bicyclic) bond motifs is 1. The minimum atomic E-state index is -4.62. The van der Waals surface area contributed by atoms with Gasteiger partial charge < -0.3 is 9.73 Å². The molecule has 4 nitrogen and oxygen atoms in total. The van der Waals surface area contributed by atoms with Gasteiger partial charge in [-0.1, -0.05) is 23.8 Å². The molecule has 0 aliphatic carbocycles. The Morgan fingerprint density at radius 3 is 2.52 bits per heavy atom. The molecule has 3 rings (SSSR count). The first-order valence-corrected chi connectivity index (χ1v) is 7.28. The van der Waals surface area contributed by atoms with Crippen molar-refractivity contribution in [2.45, 2.75) is 13.1 Å². The van der Waals surface area contributed by atoms with Crippen LogP contribution < -0.4 is 10.7 Å². The predicted octanol–water partition coefficient (Wildman–Crippen LogP) is 4.37. The lowest BCUT2D eigenvalue weighted by Crippen LogP contribution is -2.18. The zero-order valence-corrected chi connectivity index (χ0v) is 13.0. The predicted molar refractivity (Wildman–Crippen MR) is 86.6 cm³/mol. The van der Waals surface area contributed by atoms with Gasteiger partial charge in [-0.25, -0.2) is 0 Å². The van der Waals surface area contributed by atoms with E-state index < -0.39 is 28.8 Å². The third-order valence-electron chi connectivity index (χ3n) is 3.59. The van der Waals surface area contributed by atoms with Crippen LogP contribution in [0.25, 0.3) is 11.0 Å². The van der Waals surface area contributed by atoms with E-state index in [-0.39, 0.29) is 11.3 Å². The average Bonchev–Trinajstić information content (AvgIpc) is 2.55. The number of nitrogens with one attached hydrogen (secondary N) is 1. The SMILES string of the molecule is Cc1ccc2oc(C(=O)Nc3ccccc3C(F)(F)F)cc(=O)c2c1. The maximum Gasteiger partial charge on any atom is 0.418 e. The molecule has 0 radical (unpaired) electrons. The van der Waals surface area contributed by atoms with E-state index in [0.29, 0.717) is 5.39 Å². The van der Waals surface area contributed by atoms with Crippen LogP contribution in [0.3, 0.4) is 0 Å². The summed E-state index contributed by atoms with van der Waals surface area (Å²) in [5, 5.41) is 2.44. The summed E-state index contributed by atoms with van der Waals surface area (Å²) in [6.07, 6.45) is -4.62. The summed E-state index contributed by atoms with van der Waals surface area (Å²) in [7, 11) is 0. The van der Waals surface area contributed by atoms with E-state index in [9.17, 15) is 22.8 Å². The Labute approximate surface area is 139 Å². The Morgan fingerprint density at radius 1 is 1.08 bits per heavy atom. The summed E-state index contributed by atoms with van der Waals surface area (Å²) in [5.41, 5.74) is -0.809. The van der Waals surface area contributed by atoms with E-state index in [1.807, 2.05) is 0 Å². The van der Waals surface area contributed by atoms with Crippen molar-refractivity contribution < 1.29 is 22.4 Å². The molecule has 1 aromatic heterocycles. The lowest BCUT2D eigenvalue weighted by atomic mass is 10.1. The number of halogens is 3. The molecule has 0 aliphatic rings. The summed E-state index contributed by atoms with van der Waals surface area (Å²) in [6, 6.07) is 10.4. The first-order chi connectivity index (χ1) is 11.8. The van der Waals surface area contributed by atoms with E-state index in [1.165, 1.54) is 18.2 Å². The highest BCUT2D eigenvalue weighted by Gasteiger charge is 2.33. The van der Waals surface area contributed by atoms with E-state index in [4.69, 9.17) is 4.42 Å². The van der Waals surface area contributed by atoms with E-state index in [0.717, 1.165) is 23.8 Å². The molecule has 0 spiro atoms. The van der Waals surface area contributed by atoms with Crippen LogP contribution in [-0.2, 0) is 6.18 Å². The number of aryl methyl sites for hydroxylation is 1. The summed E-state index contributed by atoms with van der Waals surface area (Å²) >= 11 is 0. The van der Waals surface area contributed by atoms with Gasteiger partial charge in [0.25, 0.3) is 5.91 Å². The van der Waals surface area contributed by atoms with Crippen LogP contribution in [0.2, 0.25) is 0 Å². The fourth-order valence-electron chi connectivity index (χ4n) is 2.41. The minimum absolute atomic E-state index is 0.187. The molecule has 25 heavy (non-hydrogen) atoms. The van der Waals surface area contributed by atoms with Gasteiger partial charge in [0.1, 0.15) is 5.58 Å². The quantitative estimate of drug-likeness (QED) is 0.749. The van der Waals surface area contributed by atoms with Crippen LogP contribution in [0.15, 0.2) is 57.7 Å². The van der Waals surface area contributed by atoms with Gasteiger partial charge in [-0.15, -0.1) is 0 Å². The molecule has 2 aromatic carbocycles. The Bertz CT molecular complexity index is 1020. The molecule has 0 aliphatic heterocycles. The van der Waals surface area contributed by atoms with Gasteiger partial charge in [-0.05, 0) is 31.2 Å². The van der Waals surface area contributed by atoms with Gasteiger partial charge in [0.2, 0.25) is 0 Å². The van der Waals surface area contributed by atoms with Crippen molar-refractivity contribution in [2.75, 3.05) is 5.32 Å². The molecule has 0 bridgehead atoms. The highest BCUT2D eigenvalue weighted by Crippen LogP contribution is 2.34. The standard InChI is InChI=1S/C18H12F3NO3/c1-10-6-7-15-11(8-10)14(23)9-16(25-15)17(24)22-13-5-3-2-4-12(13)18(19,20)21/h2-9H,1H3,(H,22,24). The van der Waals surface area contributed by atoms with Gasteiger partial charge in [0, 0.05) is 6.07 Å². The monoisotopic (exact) mass is 347 g/mol. The molecule has 7 heteroatoms. The minimum Gasteiger partial charge on any atom is -0.451 e. The van der Waals surface area contributed by atoms with Gasteiger partial charge in [0.05, 0.1) is 16.6 Å². The molecule has 1 amide bonds. The van der Waals surface area contributed by atoms with Gasteiger partial charge in [-0.2, -0.15) is 13.2 Å². The smallest absolute Gasteiger partial charge is 0.418 e. The number of hydrogen-bond acceptors (Lipinski definition) is 3. The molecule has 0 unspecified atom stereocenters. The lowest BCUT2D eigenvalue weighted by molar-refractivity contribution is -0.136. The second-order valence-electron chi connectivity index (χ2n) is 5.47. The molecule has 0 saturated carbocycles. The van der Waals surface area contributed by atoms with Crippen molar-refractivity contribution in [2.24, 2.45) is 0 Å². The Hall–Kier alpha value is -3.09. The zero-order valence-electron chi connectivity index (χ0n) is 13.0.